The van der Waals surface area contributed by atoms with Crippen LogP contribution in [-0.4, -0.2) is 37.1 Å². The van der Waals surface area contributed by atoms with Crippen LogP contribution in [0.15, 0.2) is 36.4 Å². The van der Waals surface area contributed by atoms with Crippen LogP contribution in [0.5, 0.6) is 0 Å². The quantitative estimate of drug-likeness (QED) is 0.686. The van der Waals surface area contributed by atoms with Crippen LogP contribution in [0.4, 0.5) is 17.2 Å². The molecule has 120 valence electrons. The highest BCUT2D eigenvalue weighted by Gasteiger charge is 2.14. The maximum atomic E-state index is 11.3. The Balaban J connectivity index is 1.79. The molecule has 1 aromatic carbocycles. The van der Waals surface area contributed by atoms with Gasteiger partial charge in [0, 0.05) is 36.1 Å². The number of carbonyl (C=O) groups is 1. The molecule has 2 heterocycles. The van der Waals surface area contributed by atoms with E-state index in [2.05, 4.69) is 15.2 Å². The summed E-state index contributed by atoms with van der Waals surface area (Å²) in [5.41, 5.74) is 2.45. The van der Waals surface area contributed by atoms with Crippen LogP contribution in [0.3, 0.4) is 0 Å². The van der Waals surface area contributed by atoms with Crippen molar-refractivity contribution in [3.05, 3.63) is 47.1 Å². The van der Waals surface area contributed by atoms with Gasteiger partial charge in [0.05, 0.1) is 13.2 Å². The molecule has 2 aromatic rings. The van der Waals surface area contributed by atoms with Gasteiger partial charge in [0.1, 0.15) is 11.0 Å². The van der Waals surface area contributed by atoms with E-state index in [1.807, 2.05) is 18.2 Å². The van der Waals surface area contributed by atoms with E-state index in [-0.39, 0.29) is 5.78 Å². The number of aromatic nitrogens is 1. The molecule has 0 amide bonds. The fraction of sp³-hybridized carbons (Fsp3) is 0.294. The average Bonchev–Trinajstić information content (AvgIpc) is 2.55. The standard InChI is InChI=1S/C17H18ClN3O2/c1-12(22)13-2-4-14(5-3-13)19-15-10-16(18)20-17(11-15)21-6-8-23-9-7-21/h2-5,10-11H,6-9H2,1H3,(H,19,20). The Bertz CT molecular complexity index is 697. The maximum Gasteiger partial charge on any atom is 0.159 e. The Morgan fingerprint density at radius 3 is 2.52 bits per heavy atom. The number of hydrogen-bond donors (Lipinski definition) is 1. The highest BCUT2D eigenvalue weighted by atomic mass is 35.5. The van der Waals surface area contributed by atoms with E-state index in [9.17, 15) is 4.79 Å². The van der Waals surface area contributed by atoms with Crippen LogP contribution in [-0.2, 0) is 4.74 Å². The third-order valence-electron chi connectivity index (χ3n) is 3.70. The van der Waals surface area contributed by atoms with Crippen LogP contribution in [0, 0.1) is 0 Å². The molecule has 1 aliphatic heterocycles. The lowest BCUT2D eigenvalue weighted by atomic mass is 10.1. The van der Waals surface area contributed by atoms with E-state index in [1.54, 1.807) is 25.1 Å². The molecule has 0 radical (unpaired) electrons. The van der Waals surface area contributed by atoms with Crippen molar-refractivity contribution in [1.82, 2.24) is 4.98 Å². The minimum absolute atomic E-state index is 0.0538. The monoisotopic (exact) mass is 331 g/mol. The maximum absolute atomic E-state index is 11.3. The molecule has 5 nitrogen and oxygen atoms in total. The smallest absolute Gasteiger partial charge is 0.159 e. The van der Waals surface area contributed by atoms with Crippen molar-refractivity contribution in [2.75, 3.05) is 36.5 Å². The van der Waals surface area contributed by atoms with E-state index in [1.165, 1.54) is 0 Å². The van der Waals surface area contributed by atoms with Gasteiger partial charge < -0.3 is 15.0 Å². The van der Waals surface area contributed by atoms with Gasteiger partial charge in [-0.3, -0.25) is 4.79 Å². The molecule has 1 fully saturated rings. The second-order valence-corrected chi connectivity index (χ2v) is 5.78. The number of ketones is 1. The van der Waals surface area contributed by atoms with Crippen molar-refractivity contribution < 1.29 is 9.53 Å². The summed E-state index contributed by atoms with van der Waals surface area (Å²) < 4.78 is 5.36. The third-order valence-corrected chi connectivity index (χ3v) is 3.89. The number of Topliss-reactive ketones (excluding diaryl/α,β-unsaturated/α-hetero) is 1. The third kappa shape index (κ3) is 4.00. The Kier molecular flexibility index (Phi) is 4.79. The normalized spacial score (nSPS) is 14.6. The Morgan fingerprint density at radius 2 is 1.87 bits per heavy atom. The summed E-state index contributed by atoms with van der Waals surface area (Å²) in [5.74, 6) is 0.891. The van der Waals surface area contributed by atoms with Crippen molar-refractivity contribution in [2.24, 2.45) is 0 Å². The zero-order chi connectivity index (χ0) is 16.2. The number of benzene rings is 1. The van der Waals surface area contributed by atoms with E-state index in [0.717, 1.165) is 30.3 Å². The highest BCUT2D eigenvalue weighted by Crippen LogP contribution is 2.25. The Labute approximate surface area is 140 Å². The zero-order valence-corrected chi connectivity index (χ0v) is 13.6. The number of nitrogens with zero attached hydrogens (tertiary/aromatic N) is 2. The second kappa shape index (κ2) is 6.98. The minimum Gasteiger partial charge on any atom is -0.378 e. The van der Waals surface area contributed by atoms with Gasteiger partial charge >= 0.3 is 0 Å². The summed E-state index contributed by atoms with van der Waals surface area (Å²) in [7, 11) is 0. The molecule has 0 atom stereocenters. The molecule has 23 heavy (non-hydrogen) atoms. The summed E-state index contributed by atoms with van der Waals surface area (Å²) in [6.07, 6.45) is 0. The molecule has 6 heteroatoms. The largest absolute Gasteiger partial charge is 0.378 e. The van der Waals surface area contributed by atoms with E-state index < -0.39 is 0 Å². The van der Waals surface area contributed by atoms with Gasteiger partial charge in [-0.2, -0.15) is 0 Å². The van der Waals surface area contributed by atoms with Gasteiger partial charge in [0.15, 0.2) is 5.78 Å². The fourth-order valence-electron chi connectivity index (χ4n) is 2.46. The van der Waals surface area contributed by atoms with E-state index in [0.29, 0.717) is 23.9 Å². The van der Waals surface area contributed by atoms with E-state index >= 15 is 0 Å². The number of rotatable bonds is 4. The number of nitrogens with one attached hydrogen (secondary N) is 1. The lowest BCUT2D eigenvalue weighted by molar-refractivity contribution is 0.101. The molecular weight excluding hydrogens is 314 g/mol. The average molecular weight is 332 g/mol. The number of carbonyl (C=O) groups excluding carboxylic acids is 1. The predicted octanol–water partition coefficient (Wildman–Crippen LogP) is 3.52. The summed E-state index contributed by atoms with van der Waals surface area (Å²) in [6.45, 7) is 4.56. The minimum atomic E-state index is 0.0538. The molecule has 1 N–H and O–H groups in total. The van der Waals surface area contributed by atoms with Crippen molar-refractivity contribution >= 4 is 34.6 Å². The molecule has 1 aliphatic rings. The lowest BCUT2D eigenvalue weighted by Crippen LogP contribution is -2.36. The van der Waals surface area contributed by atoms with Gasteiger partial charge in [0.25, 0.3) is 0 Å². The van der Waals surface area contributed by atoms with Crippen molar-refractivity contribution in [3.63, 3.8) is 0 Å². The first-order valence-electron chi connectivity index (χ1n) is 7.50. The summed E-state index contributed by atoms with van der Waals surface area (Å²) in [5, 5.41) is 3.74. The van der Waals surface area contributed by atoms with Gasteiger partial charge in [-0.25, -0.2) is 4.98 Å². The summed E-state index contributed by atoms with van der Waals surface area (Å²) in [4.78, 5) is 17.9. The SMILES string of the molecule is CC(=O)c1ccc(Nc2cc(Cl)nc(N3CCOCC3)c2)cc1. The molecule has 0 saturated carbocycles. The first-order chi connectivity index (χ1) is 11.1. The summed E-state index contributed by atoms with van der Waals surface area (Å²) >= 11 is 6.15. The summed E-state index contributed by atoms with van der Waals surface area (Å²) in [6, 6.07) is 11.1. The highest BCUT2D eigenvalue weighted by molar-refractivity contribution is 6.29. The van der Waals surface area contributed by atoms with Crippen LogP contribution < -0.4 is 10.2 Å². The topological polar surface area (TPSA) is 54.5 Å². The van der Waals surface area contributed by atoms with Gasteiger partial charge in [-0.05, 0) is 37.3 Å². The first-order valence-corrected chi connectivity index (χ1v) is 7.88. The molecule has 0 bridgehead atoms. The number of anilines is 3. The first kappa shape index (κ1) is 15.8. The number of morpholine rings is 1. The predicted molar refractivity (Wildman–Crippen MR) is 92.0 cm³/mol. The van der Waals surface area contributed by atoms with Crippen LogP contribution >= 0.6 is 11.6 Å². The van der Waals surface area contributed by atoms with Crippen molar-refractivity contribution in [1.29, 1.82) is 0 Å². The van der Waals surface area contributed by atoms with E-state index in [4.69, 9.17) is 16.3 Å². The van der Waals surface area contributed by atoms with Crippen LogP contribution in [0.1, 0.15) is 17.3 Å². The molecule has 0 unspecified atom stereocenters. The van der Waals surface area contributed by atoms with Gasteiger partial charge in [0.2, 0.25) is 0 Å². The van der Waals surface area contributed by atoms with Gasteiger partial charge in [-0.15, -0.1) is 0 Å². The number of pyridine rings is 1. The van der Waals surface area contributed by atoms with Crippen LogP contribution in [0.25, 0.3) is 0 Å². The van der Waals surface area contributed by atoms with Crippen molar-refractivity contribution in [2.45, 2.75) is 6.92 Å². The van der Waals surface area contributed by atoms with Crippen LogP contribution in [0.2, 0.25) is 5.15 Å². The Morgan fingerprint density at radius 1 is 1.17 bits per heavy atom. The van der Waals surface area contributed by atoms with Crippen molar-refractivity contribution in [3.8, 4) is 0 Å². The van der Waals surface area contributed by atoms with Gasteiger partial charge in [-0.1, -0.05) is 11.6 Å². The second-order valence-electron chi connectivity index (χ2n) is 5.39. The molecule has 0 aliphatic carbocycles. The molecule has 3 rings (SSSR count). The Hall–Kier alpha value is -2.11. The molecule has 0 spiro atoms. The lowest BCUT2D eigenvalue weighted by Gasteiger charge is -2.28. The zero-order valence-electron chi connectivity index (χ0n) is 12.9. The fourth-order valence-corrected chi connectivity index (χ4v) is 2.67. The molecule has 1 saturated heterocycles. The molecule has 1 aromatic heterocycles. The molecular formula is C17H18ClN3O2. The number of ether oxygens (including phenoxy) is 1. The number of halogens is 1. The number of hydrogen-bond acceptors (Lipinski definition) is 5.